The first-order valence-corrected chi connectivity index (χ1v) is 9.69. The van der Waals surface area contributed by atoms with Crippen LogP contribution >= 0.6 is 11.3 Å². The SMILES string of the molecule is CCN(Cc1noc(C2CCC2)n1)C(=O)Nc1ccc2sc(C)nc2c1. The van der Waals surface area contributed by atoms with Gasteiger partial charge < -0.3 is 14.7 Å². The molecule has 2 aromatic heterocycles. The van der Waals surface area contributed by atoms with E-state index in [4.69, 9.17) is 4.52 Å². The summed E-state index contributed by atoms with van der Waals surface area (Å²) in [6.07, 6.45) is 3.44. The molecule has 1 fully saturated rings. The van der Waals surface area contributed by atoms with Gasteiger partial charge in [0.15, 0.2) is 5.82 Å². The van der Waals surface area contributed by atoms with Gasteiger partial charge in [0, 0.05) is 18.2 Å². The number of carbonyl (C=O) groups is 1. The van der Waals surface area contributed by atoms with E-state index >= 15 is 0 Å². The number of carbonyl (C=O) groups excluding carboxylic acids is 1. The van der Waals surface area contributed by atoms with E-state index in [0.29, 0.717) is 30.7 Å². The molecule has 136 valence electrons. The monoisotopic (exact) mass is 371 g/mol. The quantitative estimate of drug-likeness (QED) is 0.722. The minimum Gasteiger partial charge on any atom is -0.339 e. The normalized spacial score (nSPS) is 14.4. The molecule has 0 bridgehead atoms. The highest BCUT2D eigenvalue weighted by Crippen LogP contribution is 2.35. The lowest BCUT2D eigenvalue weighted by atomic mass is 9.85. The zero-order valence-electron chi connectivity index (χ0n) is 14.9. The number of aryl methyl sites for hydroxylation is 1. The number of fused-ring (bicyclic) bond motifs is 1. The molecule has 0 aliphatic heterocycles. The van der Waals surface area contributed by atoms with Gasteiger partial charge in [0.1, 0.15) is 0 Å². The molecule has 2 amide bonds. The summed E-state index contributed by atoms with van der Waals surface area (Å²) in [7, 11) is 0. The number of rotatable bonds is 5. The van der Waals surface area contributed by atoms with E-state index in [1.165, 1.54) is 6.42 Å². The van der Waals surface area contributed by atoms with Crippen LogP contribution in [0.2, 0.25) is 0 Å². The Morgan fingerprint density at radius 3 is 2.96 bits per heavy atom. The number of nitrogens with zero attached hydrogens (tertiary/aromatic N) is 4. The van der Waals surface area contributed by atoms with Crippen molar-refractivity contribution in [3.63, 3.8) is 0 Å². The second kappa shape index (κ2) is 7.03. The molecule has 26 heavy (non-hydrogen) atoms. The largest absolute Gasteiger partial charge is 0.339 e. The fourth-order valence-corrected chi connectivity index (χ4v) is 3.78. The Morgan fingerprint density at radius 1 is 1.38 bits per heavy atom. The third kappa shape index (κ3) is 3.41. The molecular formula is C18H21N5O2S. The molecule has 3 aromatic rings. The summed E-state index contributed by atoms with van der Waals surface area (Å²) in [6.45, 7) is 4.79. The molecule has 8 heteroatoms. The number of amides is 2. The standard InChI is InChI=1S/C18H21N5O2S/c1-3-23(10-16-21-17(25-22-16)12-5-4-6-12)18(24)20-13-7-8-15-14(9-13)19-11(2)26-15/h7-9,12H,3-6,10H2,1-2H3,(H,20,24). The van der Waals surface area contributed by atoms with Crippen molar-refractivity contribution >= 4 is 33.3 Å². The second-order valence-electron chi connectivity index (χ2n) is 6.54. The van der Waals surface area contributed by atoms with Crippen molar-refractivity contribution in [3.8, 4) is 0 Å². The summed E-state index contributed by atoms with van der Waals surface area (Å²) < 4.78 is 6.45. The smallest absolute Gasteiger partial charge is 0.322 e. The number of benzene rings is 1. The van der Waals surface area contributed by atoms with Crippen LogP contribution in [-0.2, 0) is 6.54 Å². The van der Waals surface area contributed by atoms with Gasteiger partial charge in [-0.3, -0.25) is 0 Å². The molecule has 1 aliphatic carbocycles. The molecule has 1 saturated carbocycles. The summed E-state index contributed by atoms with van der Waals surface area (Å²) >= 11 is 1.64. The maximum Gasteiger partial charge on any atom is 0.322 e. The van der Waals surface area contributed by atoms with Crippen LogP contribution in [0.5, 0.6) is 0 Å². The van der Waals surface area contributed by atoms with E-state index in [-0.39, 0.29) is 6.03 Å². The van der Waals surface area contributed by atoms with Crippen LogP contribution in [0.25, 0.3) is 10.2 Å². The first-order valence-electron chi connectivity index (χ1n) is 8.88. The molecule has 4 rings (SSSR count). The minimum atomic E-state index is -0.186. The van der Waals surface area contributed by atoms with Crippen LogP contribution in [0, 0.1) is 6.92 Å². The van der Waals surface area contributed by atoms with E-state index in [2.05, 4.69) is 20.4 Å². The summed E-state index contributed by atoms with van der Waals surface area (Å²) in [5.74, 6) is 1.65. The summed E-state index contributed by atoms with van der Waals surface area (Å²) in [6, 6.07) is 5.59. The van der Waals surface area contributed by atoms with E-state index < -0.39 is 0 Å². The third-order valence-corrected chi connectivity index (χ3v) is 5.64. The van der Waals surface area contributed by atoms with E-state index in [1.54, 1.807) is 16.2 Å². The van der Waals surface area contributed by atoms with Crippen molar-refractivity contribution in [2.45, 2.75) is 45.6 Å². The highest BCUT2D eigenvalue weighted by molar-refractivity contribution is 7.18. The van der Waals surface area contributed by atoms with Gasteiger partial charge in [-0.25, -0.2) is 9.78 Å². The first-order chi connectivity index (χ1) is 12.6. The molecule has 0 saturated heterocycles. The van der Waals surface area contributed by atoms with Crippen molar-refractivity contribution in [1.29, 1.82) is 0 Å². The predicted octanol–water partition coefficient (Wildman–Crippen LogP) is 4.31. The average molecular weight is 371 g/mol. The fraction of sp³-hybridized carbons (Fsp3) is 0.444. The predicted molar refractivity (Wildman–Crippen MR) is 100 cm³/mol. The topological polar surface area (TPSA) is 84.2 Å². The minimum absolute atomic E-state index is 0.186. The van der Waals surface area contributed by atoms with Gasteiger partial charge in [-0.2, -0.15) is 4.98 Å². The van der Waals surface area contributed by atoms with Gasteiger partial charge in [-0.1, -0.05) is 11.6 Å². The molecule has 1 N–H and O–H groups in total. The fourth-order valence-electron chi connectivity index (χ4n) is 2.97. The number of nitrogens with one attached hydrogen (secondary N) is 1. The van der Waals surface area contributed by atoms with Crippen molar-refractivity contribution in [2.24, 2.45) is 0 Å². The zero-order chi connectivity index (χ0) is 18.1. The molecule has 1 aromatic carbocycles. The molecule has 2 heterocycles. The maximum absolute atomic E-state index is 12.6. The van der Waals surface area contributed by atoms with Crippen molar-refractivity contribution in [2.75, 3.05) is 11.9 Å². The molecule has 1 aliphatic rings. The molecule has 0 atom stereocenters. The highest BCUT2D eigenvalue weighted by Gasteiger charge is 2.26. The molecule has 0 unspecified atom stereocenters. The summed E-state index contributed by atoms with van der Waals surface area (Å²) in [5.41, 5.74) is 1.63. The van der Waals surface area contributed by atoms with Gasteiger partial charge in [0.2, 0.25) is 5.89 Å². The number of anilines is 1. The van der Waals surface area contributed by atoms with Crippen molar-refractivity contribution in [1.82, 2.24) is 20.0 Å². The summed E-state index contributed by atoms with van der Waals surface area (Å²) in [5, 5.41) is 7.97. The second-order valence-corrected chi connectivity index (χ2v) is 7.77. The van der Waals surface area contributed by atoms with E-state index in [9.17, 15) is 4.79 Å². The Bertz CT molecular complexity index is 931. The Kier molecular flexibility index (Phi) is 4.58. The average Bonchev–Trinajstić information content (AvgIpc) is 3.16. The van der Waals surface area contributed by atoms with Gasteiger partial charge >= 0.3 is 6.03 Å². The van der Waals surface area contributed by atoms with Crippen LogP contribution in [0.15, 0.2) is 22.7 Å². The lowest BCUT2D eigenvalue weighted by Gasteiger charge is -2.21. The van der Waals surface area contributed by atoms with Crippen LogP contribution in [0.4, 0.5) is 10.5 Å². The zero-order valence-corrected chi connectivity index (χ0v) is 15.7. The van der Waals surface area contributed by atoms with Crippen molar-refractivity contribution in [3.05, 3.63) is 34.9 Å². The molecule has 0 radical (unpaired) electrons. The molecular weight excluding hydrogens is 350 g/mol. The van der Waals surface area contributed by atoms with Gasteiger partial charge in [-0.15, -0.1) is 11.3 Å². The Morgan fingerprint density at radius 2 is 2.23 bits per heavy atom. The lowest BCUT2D eigenvalue weighted by molar-refractivity contribution is 0.210. The van der Waals surface area contributed by atoms with E-state index in [1.807, 2.05) is 32.0 Å². The number of hydrogen-bond acceptors (Lipinski definition) is 6. The molecule has 7 nitrogen and oxygen atoms in total. The third-order valence-electron chi connectivity index (χ3n) is 4.69. The molecule has 0 spiro atoms. The summed E-state index contributed by atoms with van der Waals surface area (Å²) in [4.78, 5) is 23.2. The van der Waals surface area contributed by atoms with Crippen LogP contribution < -0.4 is 5.32 Å². The number of thiazole rings is 1. The first kappa shape index (κ1) is 17.0. The highest BCUT2D eigenvalue weighted by atomic mass is 32.1. The maximum atomic E-state index is 12.6. The number of hydrogen-bond donors (Lipinski definition) is 1. The van der Waals surface area contributed by atoms with Crippen molar-refractivity contribution < 1.29 is 9.32 Å². The van der Waals surface area contributed by atoms with Gasteiger partial charge in [-0.05, 0) is 44.9 Å². The Hall–Kier alpha value is -2.48. The Balaban J connectivity index is 1.43. The number of urea groups is 1. The lowest BCUT2D eigenvalue weighted by Crippen LogP contribution is -2.34. The number of aromatic nitrogens is 3. The van der Waals surface area contributed by atoms with Crippen LogP contribution in [0.3, 0.4) is 0 Å². The van der Waals surface area contributed by atoms with E-state index in [0.717, 1.165) is 33.8 Å². The van der Waals surface area contributed by atoms with Crippen LogP contribution in [-0.4, -0.2) is 32.6 Å². The van der Waals surface area contributed by atoms with Gasteiger partial charge in [0.25, 0.3) is 0 Å². The van der Waals surface area contributed by atoms with Crippen LogP contribution in [0.1, 0.15) is 48.8 Å². The Labute approximate surface area is 155 Å². The van der Waals surface area contributed by atoms with Gasteiger partial charge in [0.05, 0.1) is 21.8 Å².